The van der Waals surface area contributed by atoms with Gasteiger partial charge in [0.1, 0.15) is 0 Å². The fraction of sp³-hybridized carbons (Fsp3) is 0. The topological polar surface area (TPSA) is 80.4 Å². The molecule has 0 radical (unpaired) electrons. The number of carboxylic acid groups (broad SMARTS) is 1. The number of nitro benzene ring substituents is 1. The van der Waals surface area contributed by atoms with Crippen LogP contribution in [0.5, 0.6) is 0 Å². The molecule has 0 unspecified atom stereocenters. The van der Waals surface area contributed by atoms with Gasteiger partial charge < -0.3 is 5.11 Å². The van der Waals surface area contributed by atoms with E-state index in [0.717, 1.165) is 6.07 Å². The van der Waals surface area contributed by atoms with Crippen LogP contribution in [0.2, 0.25) is 0 Å². The van der Waals surface area contributed by atoms with Crippen molar-refractivity contribution in [2.75, 3.05) is 0 Å². The van der Waals surface area contributed by atoms with Crippen molar-refractivity contribution < 1.29 is 44.4 Å². The molecule has 1 aromatic carbocycles. The molecule has 0 amide bonds. The molecule has 0 aliphatic rings. The molecule has 1 aromatic rings. The monoisotopic (exact) mass is 190 g/mol. The molecule has 6 heteroatoms. The van der Waals surface area contributed by atoms with Crippen LogP contribution >= 0.6 is 0 Å². The van der Waals surface area contributed by atoms with Gasteiger partial charge in [0.15, 0.2) is 0 Å². The standard InChI is InChI=1S/C7H5NO4.Na/c9-7(10)5-2-1-3-6(4-5)8(11)12;/h1-4H,(H,9,10);/q;+1. The second-order valence-electron chi connectivity index (χ2n) is 2.11. The molecule has 0 spiro atoms. The Kier molecular flexibility index (Phi) is 4.61. The fourth-order valence-corrected chi connectivity index (χ4v) is 0.753. The second kappa shape index (κ2) is 4.96. The normalized spacial score (nSPS) is 8.62. The number of hydrogen-bond donors (Lipinski definition) is 1. The van der Waals surface area contributed by atoms with Crippen LogP contribution in [0.25, 0.3) is 0 Å². The zero-order chi connectivity index (χ0) is 9.14. The van der Waals surface area contributed by atoms with Crippen molar-refractivity contribution in [2.24, 2.45) is 0 Å². The third-order valence-electron chi connectivity index (χ3n) is 1.30. The molecule has 0 fully saturated rings. The molecule has 1 rings (SSSR count). The van der Waals surface area contributed by atoms with Crippen molar-refractivity contribution >= 4 is 11.7 Å². The maximum absolute atomic E-state index is 10.4. The van der Waals surface area contributed by atoms with Crippen LogP contribution in [0.3, 0.4) is 0 Å². The van der Waals surface area contributed by atoms with Gasteiger partial charge in [-0.2, -0.15) is 0 Å². The average molecular weight is 190 g/mol. The molecule has 0 bridgehead atoms. The zero-order valence-electron chi connectivity index (χ0n) is 6.93. The Morgan fingerprint density at radius 3 is 2.54 bits per heavy atom. The van der Waals surface area contributed by atoms with Crippen molar-refractivity contribution in [1.82, 2.24) is 0 Å². The zero-order valence-corrected chi connectivity index (χ0v) is 8.93. The first-order valence-electron chi connectivity index (χ1n) is 3.09. The van der Waals surface area contributed by atoms with Gasteiger partial charge in [0.25, 0.3) is 5.69 Å². The van der Waals surface area contributed by atoms with Crippen LogP contribution in [0.15, 0.2) is 24.3 Å². The number of carbonyl (C=O) groups is 1. The molecule has 0 atom stereocenters. The minimum absolute atomic E-state index is 0. The Morgan fingerprint density at radius 2 is 2.08 bits per heavy atom. The van der Waals surface area contributed by atoms with Crippen LogP contribution in [0.1, 0.15) is 10.4 Å². The van der Waals surface area contributed by atoms with Crippen LogP contribution in [-0.2, 0) is 0 Å². The number of benzene rings is 1. The van der Waals surface area contributed by atoms with E-state index in [1.54, 1.807) is 0 Å². The van der Waals surface area contributed by atoms with Crippen molar-refractivity contribution in [1.29, 1.82) is 0 Å². The first-order valence-corrected chi connectivity index (χ1v) is 3.09. The molecular formula is C7H5NNaO4+. The van der Waals surface area contributed by atoms with E-state index in [0.29, 0.717) is 0 Å². The molecule has 1 N–H and O–H groups in total. The summed E-state index contributed by atoms with van der Waals surface area (Å²) in [5.41, 5.74) is -0.292. The molecule has 5 nitrogen and oxygen atoms in total. The van der Waals surface area contributed by atoms with Gasteiger partial charge >= 0.3 is 35.5 Å². The van der Waals surface area contributed by atoms with E-state index in [-0.39, 0.29) is 40.8 Å². The van der Waals surface area contributed by atoms with Crippen molar-refractivity contribution in [3.8, 4) is 0 Å². The van der Waals surface area contributed by atoms with E-state index < -0.39 is 10.9 Å². The van der Waals surface area contributed by atoms with E-state index in [9.17, 15) is 14.9 Å². The molecule has 0 aliphatic heterocycles. The Hall–Kier alpha value is -0.910. The number of aromatic carboxylic acids is 1. The van der Waals surface area contributed by atoms with Gasteiger partial charge in [-0.15, -0.1) is 0 Å². The average Bonchev–Trinajstić information content (AvgIpc) is 2.04. The number of nitro groups is 1. The van der Waals surface area contributed by atoms with Crippen molar-refractivity contribution in [3.05, 3.63) is 39.9 Å². The predicted octanol–water partition coefficient (Wildman–Crippen LogP) is -1.70. The van der Waals surface area contributed by atoms with Gasteiger partial charge in [0.2, 0.25) is 0 Å². The summed E-state index contributed by atoms with van der Waals surface area (Å²) in [5.74, 6) is -1.17. The molecular weight excluding hydrogens is 185 g/mol. The summed E-state index contributed by atoms with van der Waals surface area (Å²) in [6.07, 6.45) is 0. The van der Waals surface area contributed by atoms with Gasteiger partial charge in [-0.05, 0) is 6.07 Å². The minimum Gasteiger partial charge on any atom is -0.478 e. The molecule has 0 heterocycles. The second-order valence-corrected chi connectivity index (χ2v) is 2.11. The Balaban J connectivity index is 0.00000144. The third-order valence-corrected chi connectivity index (χ3v) is 1.30. The maximum Gasteiger partial charge on any atom is 1.00 e. The summed E-state index contributed by atoms with van der Waals surface area (Å²) >= 11 is 0. The van der Waals surface area contributed by atoms with Gasteiger partial charge in [-0.25, -0.2) is 4.79 Å². The number of nitrogens with zero attached hydrogens (tertiary/aromatic N) is 1. The third kappa shape index (κ3) is 3.14. The van der Waals surface area contributed by atoms with E-state index in [1.165, 1.54) is 18.2 Å². The SMILES string of the molecule is O=C(O)c1cccc([N+](=O)[O-])c1.[Na+]. The summed E-state index contributed by atoms with van der Waals surface area (Å²) in [6, 6.07) is 4.89. The molecule has 0 aromatic heterocycles. The number of carboxylic acids is 1. The van der Waals surface area contributed by atoms with E-state index in [4.69, 9.17) is 5.11 Å². The summed E-state index contributed by atoms with van der Waals surface area (Å²) in [5, 5.41) is 18.7. The predicted molar refractivity (Wildman–Crippen MR) is 40.1 cm³/mol. The molecule has 13 heavy (non-hydrogen) atoms. The van der Waals surface area contributed by atoms with E-state index in [1.807, 2.05) is 0 Å². The Bertz CT molecular complexity index is 310. The van der Waals surface area contributed by atoms with Crippen molar-refractivity contribution in [3.63, 3.8) is 0 Å². The fourth-order valence-electron chi connectivity index (χ4n) is 0.753. The van der Waals surface area contributed by atoms with Gasteiger partial charge in [-0.1, -0.05) is 6.07 Å². The molecule has 0 saturated carbocycles. The van der Waals surface area contributed by atoms with Crippen LogP contribution < -0.4 is 29.6 Å². The molecule has 0 aliphatic carbocycles. The van der Waals surface area contributed by atoms with Crippen LogP contribution in [0.4, 0.5) is 5.69 Å². The Labute approximate surface area is 95.8 Å². The Morgan fingerprint density at radius 1 is 1.46 bits per heavy atom. The quantitative estimate of drug-likeness (QED) is 0.342. The molecule has 0 saturated heterocycles. The smallest absolute Gasteiger partial charge is 0.478 e. The minimum atomic E-state index is -1.17. The first kappa shape index (κ1) is 12.1. The molecule has 62 valence electrons. The summed E-state index contributed by atoms with van der Waals surface area (Å²) < 4.78 is 0. The number of hydrogen-bond acceptors (Lipinski definition) is 3. The number of non-ortho nitro benzene ring substituents is 1. The maximum atomic E-state index is 10.4. The number of rotatable bonds is 2. The van der Waals surface area contributed by atoms with E-state index >= 15 is 0 Å². The van der Waals surface area contributed by atoms with Crippen LogP contribution in [-0.4, -0.2) is 16.0 Å². The summed E-state index contributed by atoms with van der Waals surface area (Å²) in [6.45, 7) is 0. The largest absolute Gasteiger partial charge is 1.00 e. The van der Waals surface area contributed by atoms with Crippen molar-refractivity contribution in [2.45, 2.75) is 0 Å². The van der Waals surface area contributed by atoms with E-state index in [2.05, 4.69) is 0 Å². The van der Waals surface area contributed by atoms with Gasteiger partial charge in [-0.3, -0.25) is 10.1 Å². The van der Waals surface area contributed by atoms with Crippen LogP contribution in [0, 0.1) is 10.1 Å². The van der Waals surface area contributed by atoms with Gasteiger partial charge in [0.05, 0.1) is 10.5 Å². The summed E-state index contributed by atoms with van der Waals surface area (Å²) in [4.78, 5) is 19.9. The first-order chi connectivity index (χ1) is 5.61. The summed E-state index contributed by atoms with van der Waals surface area (Å²) in [7, 11) is 0. The van der Waals surface area contributed by atoms with Gasteiger partial charge in [0, 0.05) is 12.1 Å².